The average Bonchev–Trinajstić information content (AvgIpc) is 2.93. The van der Waals surface area contributed by atoms with Crippen molar-refractivity contribution in [2.45, 2.75) is 25.8 Å². The Kier molecular flexibility index (Phi) is 8.11. The normalized spacial score (nSPS) is 20.7. The molecule has 3 rings (SSSR count). The molecule has 3 N–H and O–H groups in total. The molecular weight excluding hydrogens is 368 g/mol. The number of tetrazole rings is 1. The van der Waals surface area contributed by atoms with Crippen LogP contribution in [-0.4, -0.2) is 105 Å². The Morgan fingerprint density at radius 1 is 1.18 bits per heavy atom. The zero-order valence-corrected chi connectivity index (χ0v) is 16.1. The zero-order chi connectivity index (χ0) is 20.5. The van der Waals surface area contributed by atoms with Crippen LogP contribution in [0.1, 0.15) is 19.3 Å². The number of carbonyl (C=O) groups is 3. The number of nitrogen functional groups attached to an aromatic ring is 1. The molecule has 0 aromatic carbocycles. The number of rotatable bonds is 3. The summed E-state index contributed by atoms with van der Waals surface area (Å²) >= 11 is 0. The van der Waals surface area contributed by atoms with Gasteiger partial charge in [0.2, 0.25) is 17.8 Å². The molecule has 2 saturated heterocycles. The van der Waals surface area contributed by atoms with Crippen LogP contribution in [0, 0.1) is 5.92 Å². The smallest absolute Gasteiger partial charge is 0.290 e. The quantitative estimate of drug-likeness (QED) is 0.573. The van der Waals surface area contributed by atoms with Crippen LogP contribution in [0.5, 0.6) is 0 Å². The van der Waals surface area contributed by atoms with Crippen molar-refractivity contribution in [2.75, 3.05) is 52.0 Å². The van der Waals surface area contributed by atoms with Gasteiger partial charge in [-0.3, -0.25) is 14.4 Å². The molecule has 2 aliphatic rings. The van der Waals surface area contributed by atoms with E-state index in [1.165, 1.54) is 4.68 Å². The molecular formula is C16H28N8O4. The number of nitrogens with zero attached hydrogens (tertiary/aromatic N) is 7. The number of nitrogens with two attached hydrogens (primary N) is 1. The maximum absolute atomic E-state index is 12.8. The van der Waals surface area contributed by atoms with Gasteiger partial charge in [0.05, 0.1) is 5.92 Å². The lowest BCUT2D eigenvalue weighted by Crippen LogP contribution is -2.45. The molecule has 28 heavy (non-hydrogen) atoms. The SMILES string of the molecule is CN1CCCC(C(=O)N2CCCN(C(=O)Cn3nnnc3N)CC2)C1.O=CO. The number of hydrogen-bond acceptors (Lipinski definition) is 8. The first-order chi connectivity index (χ1) is 13.5. The zero-order valence-electron chi connectivity index (χ0n) is 16.1. The Hall–Kier alpha value is -2.76. The van der Waals surface area contributed by atoms with Crippen LogP contribution in [0.25, 0.3) is 0 Å². The minimum atomic E-state index is -0.250. The fourth-order valence-electron chi connectivity index (χ4n) is 3.57. The lowest BCUT2D eigenvalue weighted by molar-refractivity contribution is -0.138. The van der Waals surface area contributed by atoms with Crippen molar-refractivity contribution in [3.05, 3.63) is 0 Å². The fourth-order valence-corrected chi connectivity index (χ4v) is 3.57. The summed E-state index contributed by atoms with van der Waals surface area (Å²) in [5.74, 6) is 0.361. The van der Waals surface area contributed by atoms with Gasteiger partial charge in [-0.05, 0) is 43.3 Å². The van der Waals surface area contributed by atoms with E-state index < -0.39 is 0 Å². The van der Waals surface area contributed by atoms with Gasteiger partial charge < -0.3 is 25.5 Å². The highest BCUT2D eigenvalue weighted by Crippen LogP contribution is 2.19. The van der Waals surface area contributed by atoms with Crippen LogP contribution in [0.4, 0.5) is 5.95 Å². The number of anilines is 1. The van der Waals surface area contributed by atoms with E-state index in [-0.39, 0.29) is 36.7 Å². The molecule has 1 atom stereocenters. The van der Waals surface area contributed by atoms with Crippen LogP contribution in [-0.2, 0) is 20.9 Å². The summed E-state index contributed by atoms with van der Waals surface area (Å²) in [5, 5.41) is 17.6. The Morgan fingerprint density at radius 3 is 2.50 bits per heavy atom. The number of piperidine rings is 1. The molecule has 12 nitrogen and oxygen atoms in total. The largest absolute Gasteiger partial charge is 0.483 e. The number of likely N-dealkylation sites (tertiary alicyclic amines) is 1. The maximum atomic E-state index is 12.8. The Balaban J connectivity index is 0.000000878. The van der Waals surface area contributed by atoms with Crippen LogP contribution < -0.4 is 5.73 Å². The van der Waals surface area contributed by atoms with Gasteiger partial charge in [-0.15, -0.1) is 0 Å². The van der Waals surface area contributed by atoms with Crippen LogP contribution >= 0.6 is 0 Å². The molecule has 2 amide bonds. The summed E-state index contributed by atoms with van der Waals surface area (Å²) in [5.41, 5.74) is 5.60. The molecule has 0 radical (unpaired) electrons. The number of carboxylic acid groups (broad SMARTS) is 1. The summed E-state index contributed by atoms with van der Waals surface area (Å²) in [6.07, 6.45) is 2.81. The van der Waals surface area contributed by atoms with Crippen molar-refractivity contribution in [3.63, 3.8) is 0 Å². The van der Waals surface area contributed by atoms with Crippen molar-refractivity contribution in [1.29, 1.82) is 0 Å². The minimum Gasteiger partial charge on any atom is -0.483 e. The summed E-state index contributed by atoms with van der Waals surface area (Å²) in [4.78, 5) is 39.5. The first-order valence-corrected chi connectivity index (χ1v) is 9.30. The van der Waals surface area contributed by atoms with Gasteiger partial charge in [0.25, 0.3) is 6.47 Å². The summed E-state index contributed by atoms with van der Waals surface area (Å²) < 4.78 is 1.29. The lowest BCUT2D eigenvalue weighted by Gasteiger charge is -2.32. The van der Waals surface area contributed by atoms with E-state index in [9.17, 15) is 9.59 Å². The van der Waals surface area contributed by atoms with Gasteiger partial charge in [-0.1, -0.05) is 5.10 Å². The number of hydrogen-bond donors (Lipinski definition) is 2. The van der Waals surface area contributed by atoms with Gasteiger partial charge in [0.15, 0.2) is 0 Å². The van der Waals surface area contributed by atoms with E-state index in [0.717, 1.165) is 32.4 Å². The highest BCUT2D eigenvalue weighted by Gasteiger charge is 2.30. The molecule has 0 aliphatic carbocycles. The van der Waals surface area contributed by atoms with E-state index in [1.807, 2.05) is 4.90 Å². The second-order valence-electron chi connectivity index (χ2n) is 6.96. The van der Waals surface area contributed by atoms with Gasteiger partial charge in [-0.25, -0.2) is 4.68 Å². The summed E-state index contributed by atoms with van der Waals surface area (Å²) in [7, 11) is 2.06. The molecule has 1 aromatic rings. The molecule has 12 heteroatoms. The summed E-state index contributed by atoms with van der Waals surface area (Å²) in [6.45, 7) is 4.12. The molecule has 1 aromatic heterocycles. The van der Waals surface area contributed by atoms with Crippen molar-refractivity contribution < 1.29 is 19.5 Å². The van der Waals surface area contributed by atoms with E-state index in [1.54, 1.807) is 4.90 Å². The second kappa shape index (κ2) is 10.5. The van der Waals surface area contributed by atoms with Crippen molar-refractivity contribution >= 4 is 24.2 Å². The van der Waals surface area contributed by atoms with Crippen molar-refractivity contribution in [1.82, 2.24) is 34.9 Å². The Morgan fingerprint density at radius 2 is 1.86 bits per heavy atom. The molecule has 0 bridgehead atoms. The third-order valence-corrected chi connectivity index (χ3v) is 4.98. The number of amides is 2. The first kappa shape index (κ1) is 21.5. The summed E-state index contributed by atoms with van der Waals surface area (Å²) in [6, 6.07) is 0. The number of aromatic nitrogens is 4. The van der Waals surface area contributed by atoms with E-state index >= 15 is 0 Å². The van der Waals surface area contributed by atoms with Crippen LogP contribution in [0.15, 0.2) is 0 Å². The van der Waals surface area contributed by atoms with Gasteiger partial charge >= 0.3 is 0 Å². The average molecular weight is 396 g/mol. The third-order valence-electron chi connectivity index (χ3n) is 4.98. The van der Waals surface area contributed by atoms with E-state index in [0.29, 0.717) is 26.2 Å². The van der Waals surface area contributed by atoms with Crippen LogP contribution in [0.2, 0.25) is 0 Å². The predicted octanol–water partition coefficient (Wildman–Crippen LogP) is -1.64. The molecule has 2 fully saturated rings. The highest BCUT2D eigenvalue weighted by atomic mass is 16.3. The molecule has 0 spiro atoms. The molecule has 2 aliphatic heterocycles. The Labute approximate surface area is 163 Å². The van der Waals surface area contributed by atoms with E-state index in [2.05, 4.69) is 27.5 Å². The molecule has 0 saturated carbocycles. The molecule has 156 valence electrons. The van der Waals surface area contributed by atoms with Crippen LogP contribution in [0.3, 0.4) is 0 Å². The fraction of sp³-hybridized carbons (Fsp3) is 0.750. The second-order valence-corrected chi connectivity index (χ2v) is 6.96. The first-order valence-electron chi connectivity index (χ1n) is 9.30. The topological polar surface area (TPSA) is 151 Å². The third kappa shape index (κ3) is 5.87. The lowest BCUT2D eigenvalue weighted by atomic mass is 9.97. The maximum Gasteiger partial charge on any atom is 0.290 e. The monoisotopic (exact) mass is 396 g/mol. The molecule has 1 unspecified atom stereocenters. The highest BCUT2D eigenvalue weighted by molar-refractivity contribution is 5.80. The van der Waals surface area contributed by atoms with Gasteiger partial charge in [0.1, 0.15) is 6.54 Å². The standard InChI is InChI=1S/C15H26N8O2.CH2O2/c1-20-5-2-4-12(10-20)14(25)22-7-3-6-21(8-9-22)13(24)11-23-15(16)17-18-19-23;2-1-3/h12H,2-11H2,1H3,(H2,16,17,19);1H,(H,2,3). The minimum absolute atomic E-state index is 0.0280. The molecule has 3 heterocycles. The predicted molar refractivity (Wildman–Crippen MR) is 98.9 cm³/mol. The van der Waals surface area contributed by atoms with Gasteiger partial charge in [0, 0.05) is 32.7 Å². The van der Waals surface area contributed by atoms with Crippen molar-refractivity contribution in [2.24, 2.45) is 5.92 Å². The number of carbonyl (C=O) groups excluding carboxylic acids is 2. The van der Waals surface area contributed by atoms with Gasteiger partial charge in [-0.2, -0.15) is 0 Å². The van der Waals surface area contributed by atoms with Crippen molar-refractivity contribution in [3.8, 4) is 0 Å². The Bertz CT molecular complexity index is 667. The van der Waals surface area contributed by atoms with E-state index in [4.69, 9.17) is 15.6 Å².